The summed E-state index contributed by atoms with van der Waals surface area (Å²) < 4.78 is 4.86. The molecule has 4 aliphatic carbocycles. The van der Waals surface area contributed by atoms with Crippen LogP contribution >= 0.6 is 0 Å². The Balaban J connectivity index is 1.66. The summed E-state index contributed by atoms with van der Waals surface area (Å²) in [6.45, 7) is 0. The minimum absolute atomic E-state index is 0.0766. The molecule has 4 nitrogen and oxygen atoms in total. The Morgan fingerprint density at radius 2 is 1.78 bits per heavy atom. The highest BCUT2D eigenvalue weighted by Gasteiger charge is 2.54. The number of carbonyl (C=O) groups is 2. The SMILES string of the molecule is C#CCCC[C@@H](NC(=O)C12CC3CC(CC(C3)C1)C2)C(=O)OC. The molecule has 126 valence electrons. The van der Waals surface area contributed by atoms with Crippen molar-refractivity contribution in [2.75, 3.05) is 7.11 Å². The number of hydrogen-bond acceptors (Lipinski definition) is 3. The number of amides is 1. The second-order valence-corrected chi connectivity index (χ2v) is 7.84. The van der Waals surface area contributed by atoms with Crippen molar-refractivity contribution in [2.45, 2.75) is 63.8 Å². The summed E-state index contributed by atoms with van der Waals surface area (Å²) in [4.78, 5) is 25.0. The summed E-state index contributed by atoms with van der Waals surface area (Å²) in [6.07, 6.45) is 14.1. The van der Waals surface area contributed by atoms with Crippen LogP contribution in [0.5, 0.6) is 0 Å². The van der Waals surface area contributed by atoms with Gasteiger partial charge in [-0.25, -0.2) is 4.79 Å². The topological polar surface area (TPSA) is 55.4 Å². The zero-order chi connectivity index (χ0) is 16.4. The molecule has 0 aromatic heterocycles. The molecule has 0 heterocycles. The first-order valence-corrected chi connectivity index (χ1v) is 8.88. The van der Waals surface area contributed by atoms with Crippen LogP contribution in [0.3, 0.4) is 0 Å². The van der Waals surface area contributed by atoms with Gasteiger partial charge in [-0.15, -0.1) is 12.3 Å². The van der Waals surface area contributed by atoms with Crippen LogP contribution in [0.4, 0.5) is 0 Å². The highest BCUT2D eigenvalue weighted by atomic mass is 16.5. The number of rotatable bonds is 6. The van der Waals surface area contributed by atoms with Crippen LogP contribution in [0.1, 0.15) is 57.8 Å². The van der Waals surface area contributed by atoms with Crippen LogP contribution in [-0.4, -0.2) is 25.0 Å². The number of methoxy groups -OCH3 is 1. The molecule has 23 heavy (non-hydrogen) atoms. The van der Waals surface area contributed by atoms with Gasteiger partial charge in [0.1, 0.15) is 6.04 Å². The lowest BCUT2D eigenvalue weighted by Crippen LogP contribution is -2.56. The molecule has 4 bridgehead atoms. The van der Waals surface area contributed by atoms with E-state index in [1.165, 1.54) is 26.4 Å². The standard InChI is InChI=1S/C19H27NO3/c1-3-4-5-6-16(17(21)23-2)20-18(22)19-10-13-7-14(11-19)9-15(8-13)12-19/h1,13-16H,4-12H2,2H3,(H,20,22)/t13?,14?,15?,16-,19?/m1/s1. The Labute approximate surface area is 138 Å². The van der Waals surface area contributed by atoms with Crippen molar-refractivity contribution in [3.63, 3.8) is 0 Å². The number of carbonyl (C=O) groups excluding carboxylic acids is 2. The van der Waals surface area contributed by atoms with Gasteiger partial charge >= 0.3 is 5.97 Å². The van der Waals surface area contributed by atoms with E-state index in [-0.39, 0.29) is 17.3 Å². The molecule has 0 spiro atoms. The fourth-order valence-electron chi connectivity index (χ4n) is 5.50. The summed E-state index contributed by atoms with van der Waals surface area (Å²) in [5.74, 6) is 4.43. The van der Waals surface area contributed by atoms with Crippen LogP contribution in [0, 0.1) is 35.5 Å². The number of terminal acetylenes is 1. The molecule has 1 atom stereocenters. The highest BCUT2D eigenvalue weighted by molar-refractivity contribution is 5.88. The molecular formula is C19H27NO3. The van der Waals surface area contributed by atoms with E-state index in [1.54, 1.807) is 0 Å². The van der Waals surface area contributed by atoms with E-state index in [2.05, 4.69) is 11.2 Å². The van der Waals surface area contributed by atoms with Gasteiger partial charge in [-0.1, -0.05) is 0 Å². The van der Waals surface area contributed by atoms with Gasteiger partial charge in [-0.3, -0.25) is 4.79 Å². The average molecular weight is 317 g/mol. The molecule has 0 aromatic rings. The fraction of sp³-hybridized carbons (Fsp3) is 0.789. The Morgan fingerprint density at radius 3 is 2.26 bits per heavy atom. The van der Waals surface area contributed by atoms with Gasteiger partial charge in [-0.05, 0) is 69.1 Å². The average Bonchev–Trinajstić information content (AvgIpc) is 2.52. The summed E-state index contributed by atoms with van der Waals surface area (Å²) in [5.41, 5.74) is -0.229. The van der Waals surface area contributed by atoms with Crippen molar-refractivity contribution in [1.29, 1.82) is 0 Å². The molecule has 4 heteroatoms. The summed E-state index contributed by atoms with van der Waals surface area (Å²) in [6, 6.07) is -0.561. The molecule has 4 aliphatic rings. The smallest absolute Gasteiger partial charge is 0.328 e. The minimum Gasteiger partial charge on any atom is -0.467 e. The molecule has 1 amide bonds. The monoisotopic (exact) mass is 317 g/mol. The molecular weight excluding hydrogens is 290 g/mol. The first-order valence-electron chi connectivity index (χ1n) is 8.88. The zero-order valence-electron chi connectivity index (χ0n) is 14.0. The number of hydrogen-bond donors (Lipinski definition) is 1. The molecule has 0 aliphatic heterocycles. The highest BCUT2D eigenvalue weighted by Crippen LogP contribution is 2.60. The van der Waals surface area contributed by atoms with E-state index in [4.69, 9.17) is 11.2 Å². The normalized spacial score (nSPS) is 35.4. The van der Waals surface area contributed by atoms with Gasteiger partial charge in [0, 0.05) is 11.8 Å². The van der Waals surface area contributed by atoms with Crippen molar-refractivity contribution in [2.24, 2.45) is 23.2 Å². The van der Waals surface area contributed by atoms with E-state index >= 15 is 0 Å². The predicted molar refractivity (Wildman–Crippen MR) is 87.2 cm³/mol. The predicted octanol–water partition coefficient (Wildman–Crippen LogP) is 2.66. The summed E-state index contributed by atoms with van der Waals surface area (Å²) in [7, 11) is 1.37. The van der Waals surface area contributed by atoms with Crippen LogP contribution in [0.25, 0.3) is 0 Å². The van der Waals surface area contributed by atoms with Gasteiger partial charge < -0.3 is 10.1 Å². The third kappa shape index (κ3) is 3.24. The van der Waals surface area contributed by atoms with Gasteiger partial charge in [-0.2, -0.15) is 0 Å². The molecule has 0 unspecified atom stereocenters. The quantitative estimate of drug-likeness (QED) is 0.465. The van der Waals surface area contributed by atoms with Crippen LogP contribution in [0.15, 0.2) is 0 Å². The maximum Gasteiger partial charge on any atom is 0.328 e. The van der Waals surface area contributed by atoms with Crippen LogP contribution in [0.2, 0.25) is 0 Å². The lowest BCUT2D eigenvalue weighted by Gasteiger charge is -2.55. The van der Waals surface area contributed by atoms with Crippen molar-refractivity contribution >= 4 is 11.9 Å². The summed E-state index contributed by atoms with van der Waals surface area (Å²) in [5, 5.41) is 3.00. The molecule has 0 saturated heterocycles. The lowest BCUT2D eigenvalue weighted by molar-refractivity contribution is -0.153. The van der Waals surface area contributed by atoms with E-state index in [0.29, 0.717) is 30.6 Å². The van der Waals surface area contributed by atoms with E-state index in [0.717, 1.165) is 25.7 Å². The van der Waals surface area contributed by atoms with Crippen molar-refractivity contribution in [3.8, 4) is 12.3 Å². The maximum absolute atomic E-state index is 13.0. The van der Waals surface area contributed by atoms with E-state index in [1.807, 2.05) is 0 Å². The third-order valence-electron chi connectivity index (χ3n) is 6.12. The van der Waals surface area contributed by atoms with E-state index < -0.39 is 6.04 Å². The third-order valence-corrected chi connectivity index (χ3v) is 6.12. The van der Waals surface area contributed by atoms with Crippen molar-refractivity contribution < 1.29 is 14.3 Å². The second-order valence-electron chi connectivity index (χ2n) is 7.84. The molecule has 1 N–H and O–H groups in total. The number of ether oxygens (including phenoxy) is 1. The van der Waals surface area contributed by atoms with Crippen molar-refractivity contribution in [1.82, 2.24) is 5.32 Å². The number of nitrogens with one attached hydrogen (secondary N) is 1. The summed E-state index contributed by atoms with van der Waals surface area (Å²) >= 11 is 0. The molecule has 4 rings (SSSR count). The second kappa shape index (κ2) is 6.55. The van der Waals surface area contributed by atoms with Gasteiger partial charge in [0.15, 0.2) is 0 Å². The Bertz CT molecular complexity index is 484. The van der Waals surface area contributed by atoms with E-state index in [9.17, 15) is 9.59 Å². The fourth-order valence-corrected chi connectivity index (χ4v) is 5.50. The molecule has 0 radical (unpaired) electrons. The number of esters is 1. The Morgan fingerprint density at radius 1 is 1.22 bits per heavy atom. The Hall–Kier alpha value is -1.50. The molecule has 0 aromatic carbocycles. The van der Waals surface area contributed by atoms with Crippen molar-refractivity contribution in [3.05, 3.63) is 0 Å². The largest absolute Gasteiger partial charge is 0.467 e. The van der Waals surface area contributed by atoms with Crippen LogP contribution in [-0.2, 0) is 14.3 Å². The van der Waals surface area contributed by atoms with Crippen LogP contribution < -0.4 is 5.32 Å². The Kier molecular flexibility index (Phi) is 4.66. The minimum atomic E-state index is -0.561. The first kappa shape index (κ1) is 16.4. The number of unbranched alkanes of at least 4 members (excludes halogenated alkanes) is 1. The lowest BCUT2D eigenvalue weighted by atomic mass is 9.49. The van der Waals surface area contributed by atoms with Gasteiger partial charge in [0.2, 0.25) is 5.91 Å². The first-order chi connectivity index (χ1) is 11.1. The zero-order valence-corrected chi connectivity index (χ0v) is 14.0. The van der Waals surface area contributed by atoms with Gasteiger partial charge in [0.25, 0.3) is 0 Å². The maximum atomic E-state index is 13.0. The van der Waals surface area contributed by atoms with Gasteiger partial charge in [0.05, 0.1) is 7.11 Å². The molecule has 4 fully saturated rings. The molecule has 4 saturated carbocycles.